The van der Waals surface area contributed by atoms with Crippen LogP contribution in [-0.4, -0.2) is 20.8 Å². The topological polar surface area (TPSA) is 71.8 Å². The van der Waals surface area contributed by atoms with Crippen LogP contribution in [0, 0.1) is 13.8 Å². The van der Waals surface area contributed by atoms with Crippen molar-refractivity contribution in [2.75, 3.05) is 5.32 Å². The molecule has 0 radical (unpaired) electrons. The number of amides is 2. The number of hydrogen-bond donors (Lipinski definition) is 2. The molecule has 2 N–H and O–H groups in total. The van der Waals surface area contributed by atoms with E-state index in [-0.39, 0.29) is 12.6 Å². The van der Waals surface area contributed by atoms with Crippen LogP contribution in [0.5, 0.6) is 0 Å². The Hall–Kier alpha value is -3.29. The van der Waals surface area contributed by atoms with E-state index < -0.39 is 0 Å². The van der Waals surface area contributed by atoms with Gasteiger partial charge in [0.1, 0.15) is 0 Å². The van der Waals surface area contributed by atoms with Crippen LogP contribution in [0.2, 0.25) is 5.02 Å². The predicted molar refractivity (Wildman–Crippen MR) is 134 cm³/mol. The molecule has 0 unspecified atom stereocenters. The quantitative estimate of drug-likeness (QED) is 0.313. The van der Waals surface area contributed by atoms with Crippen LogP contribution in [0.1, 0.15) is 22.5 Å². The summed E-state index contributed by atoms with van der Waals surface area (Å²) in [4.78, 5) is 12.4. The molecule has 0 aliphatic rings. The lowest BCUT2D eigenvalue weighted by Gasteiger charge is -2.12. The molecule has 4 rings (SSSR count). The molecular weight excluding hydrogens is 454 g/mol. The highest BCUT2D eigenvalue weighted by atomic mass is 35.5. The Morgan fingerprint density at radius 3 is 2.52 bits per heavy atom. The number of urea groups is 1. The number of aromatic nitrogens is 3. The van der Waals surface area contributed by atoms with Crippen molar-refractivity contribution in [3.63, 3.8) is 0 Å². The van der Waals surface area contributed by atoms with E-state index in [1.165, 1.54) is 16.7 Å². The summed E-state index contributed by atoms with van der Waals surface area (Å²) < 4.78 is 1.99. The molecule has 2 amide bonds. The lowest BCUT2D eigenvalue weighted by Crippen LogP contribution is -2.29. The Balaban J connectivity index is 1.51. The predicted octanol–water partition coefficient (Wildman–Crippen LogP) is 6.15. The standard InChI is InChI=1S/C25H24ClN5OS/c1-17-9-11-22(12-10-17)31-23(15-27-24(32)28-21-8-4-7-20(26)14-21)29-30-25(31)33-16-19-6-3-5-18(2)13-19/h3-14H,15-16H2,1-2H3,(H2,27,28,32). The molecule has 4 aromatic rings. The molecule has 0 atom stereocenters. The Morgan fingerprint density at radius 1 is 0.970 bits per heavy atom. The monoisotopic (exact) mass is 477 g/mol. The van der Waals surface area contributed by atoms with Gasteiger partial charge in [0, 0.05) is 22.2 Å². The fourth-order valence-electron chi connectivity index (χ4n) is 3.31. The molecule has 0 fully saturated rings. The van der Waals surface area contributed by atoms with Crippen LogP contribution in [0.3, 0.4) is 0 Å². The minimum Gasteiger partial charge on any atom is -0.331 e. The Bertz CT molecular complexity index is 1260. The van der Waals surface area contributed by atoms with Gasteiger partial charge >= 0.3 is 6.03 Å². The average Bonchev–Trinajstić information content (AvgIpc) is 3.20. The van der Waals surface area contributed by atoms with Crippen molar-refractivity contribution in [1.29, 1.82) is 0 Å². The van der Waals surface area contributed by atoms with E-state index in [1.54, 1.807) is 36.0 Å². The van der Waals surface area contributed by atoms with Crippen LogP contribution < -0.4 is 10.6 Å². The molecule has 0 spiro atoms. The summed E-state index contributed by atoms with van der Waals surface area (Å²) in [6.45, 7) is 4.35. The molecule has 8 heteroatoms. The number of carbonyl (C=O) groups is 1. The smallest absolute Gasteiger partial charge is 0.319 e. The number of anilines is 1. The van der Waals surface area contributed by atoms with Gasteiger partial charge in [-0.15, -0.1) is 10.2 Å². The molecule has 168 valence electrons. The number of halogens is 1. The van der Waals surface area contributed by atoms with E-state index in [2.05, 4.69) is 52.0 Å². The van der Waals surface area contributed by atoms with Gasteiger partial charge in [-0.3, -0.25) is 4.57 Å². The lowest BCUT2D eigenvalue weighted by atomic mass is 10.2. The van der Waals surface area contributed by atoms with E-state index in [4.69, 9.17) is 11.6 Å². The van der Waals surface area contributed by atoms with Gasteiger partial charge in [0.25, 0.3) is 0 Å². The van der Waals surface area contributed by atoms with Gasteiger partial charge < -0.3 is 10.6 Å². The van der Waals surface area contributed by atoms with E-state index in [1.807, 2.05) is 35.8 Å². The number of benzene rings is 3. The molecule has 0 bridgehead atoms. The van der Waals surface area contributed by atoms with Gasteiger partial charge in [-0.1, -0.05) is 77.0 Å². The molecular formula is C25H24ClN5OS. The van der Waals surface area contributed by atoms with E-state index in [0.29, 0.717) is 16.5 Å². The third-order valence-corrected chi connectivity index (χ3v) is 6.17. The van der Waals surface area contributed by atoms with Gasteiger partial charge in [0.15, 0.2) is 11.0 Å². The van der Waals surface area contributed by atoms with Crippen LogP contribution >= 0.6 is 23.4 Å². The van der Waals surface area contributed by atoms with Crippen molar-refractivity contribution in [2.24, 2.45) is 0 Å². The summed E-state index contributed by atoms with van der Waals surface area (Å²) >= 11 is 7.60. The second-order valence-corrected chi connectivity index (χ2v) is 9.04. The zero-order valence-corrected chi connectivity index (χ0v) is 20.0. The Kier molecular flexibility index (Phi) is 7.32. The highest BCUT2D eigenvalue weighted by molar-refractivity contribution is 7.98. The minimum absolute atomic E-state index is 0.221. The van der Waals surface area contributed by atoms with Crippen molar-refractivity contribution in [2.45, 2.75) is 31.3 Å². The normalized spacial score (nSPS) is 10.8. The summed E-state index contributed by atoms with van der Waals surface area (Å²) in [7, 11) is 0. The first-order valence-corrected chi connectivity index (χ1v) is 11.8. The molecule has 1 aromatic heterocycles. The minimum atomic E-state index is -0.343. The average molecular weight is 478 g/mol. The number of aryl methyl sites for hydroxylation is 2. The number of hydrogen-bond acceptors (Lipinski definition) is 4. The summed E-state index contributed by atoms with van der Waals surface area (Å²) in [6.07, 6.45) is 0. The van der Waals surface area contributed by atoms with Crippen molar-refractivity contribution < 1.29 is 4.79 Å². The molecule has 0 aliphatic carbocycles. The third-order valence-electron chi connectivity index (χ3n) is 4.93. The number of nitrogens with zero attached hydrogens (tertiary/aromatic N) is 3. The van der Waals surface area contributed by atoms with Gasteiger partial charge in [0.05, 0.1) is 6.54 Å². The first-order chi connectivity index (χ1) is 16.0. The molecule has 3 aromatic carbocycles. The van der Waals surface area contributed by atoms with Gasteiger partial charge in [-0.05, 0) is 49.7 Å². The van der Waals surface area contributed by atoms with Crippen LogP contribution in [0.25, 0.3) is 5.69 Å². The zero-order chi connectivity index (χ0) is 23.2. The number of thioether (sulfide) groups is 1. The van der Waals surface area contributed by atoms with Crippen molar-refractivity contribution in [1.82, 2.24) is 20.1 Å². The summed E-state index contributed by atoms with van der Waals surface area (Å²) in [6, 6.07) is 23.2. The van der Waals surface area contributed by atoms with Gasteiger partial charge in [0.2, 0.25) is 0 Å². The maximum Gasteiger partial charge on any atom is 0.319 e. The number of nitrogens with one attached hydrogen (secondary N) is 2. The van der Waals surface area contributed by atoms with Crippen LogP contribution in [-0.2, 0) is 12.3 Å². The third kappa shape index (κ3) is 6.15. The second-order valence-electron chi connectivity index (χ2n) is 7.67. The maximum absolute atomic E-state index is 12.4. The second kappa shape index (κ2) is 10.6. The summed E-state index contributed by atoms with van der Waals surface area (Å²) in [5, 5.41) is 15.7. The SMILES string of the molecule is Cc1ccc(-n2c(CNC(=O)Nc3cccc(Cl)c3)nnc2SCc2cccc(C)c2)cc1. The number of rotatable bonds is 7. The first-order valence-electron chi connectivity index (χ1n) is 10.5. The molecule has 0 saturated heterocycles. The molecule has 0 aliphatic heterocycles. The lowest BCUT2D eigenvalue weighted by molar-refractivity contribution is 0.251. The van der Waals surface area contributed by atoms with E-state index >= 15 is 0 Å². The molecule has 33 heavy (non-hydrogen) atoms. The largest absolute Gasteiger partial charge is 0.331 e. The fraction of sp³-hybridized carbons (Fsp3) is 0.160. The Labute approximate surface area is 202 Å². The van der Waals surface area contributed by atoms with Crippen LogP contribution in [0.4, 0.5) is 10.5 Å². The Morgan fingerprint density at radius 2 is 1.76 bits per heavy atom. The number of carbonyl (C=O) groups excluding carboxylic acids is 1. The van der Waals surface area contributed by atoms with Crippen molar-refractivity contribution >= 4 is 35.1 Å². The molecule has 6 nitrogen and oxygen atoms in total. The fourth-order valence-corrected chi connectivity index (χ4v) is 4.42. The molecule has 0 saturated carbocycles. The zero-order valence-electron chi connectivity index (χ0n) is 18.4. The van der Waals surface area contributed by atoms with Crippen molar-refractivity contribution in [3.8, 4) is 5.69 Å². The summed E-state index contributed by atoms with van der Waals surface area (Å²) in [5.41, 5.74) is 5.18. The van der Waals surface area contributed by atoms with E-state index in [0.717, 1.165) is 16.6 Å². The molecule has 1 heterocycles. The first kappa shape index (κ1) is 22.9. The van der Waals surface area contributed by atoms with E-state index in [9.17, 15) is 4.79 Å². The highest BCUT2D eigenvalue weighted by Crippen LogP contribution is 2.26. The van der Waals surface area contributed by atoms with Crippen LogP contribution in [0.15, 0.2) is 78.0 Å². The maximum atomic E-state index is 12.4. The summed E-state index contributed by atoms with van der Waals surface area (Å²) in [5.74, 6) is 1.42. The van der Waals surface area contributed by atoms with Gasteiger partial charge in [-0.25, -0.2) is 4.79 Å². The van der Waals surface area contributed by atoms with Crippen molar-refractivity contribution in [3.05, 3.63) is 100 Å². The van der Waals surface area contributed by atoms with Gasteiger partial charge in [-0.2, -0.15) is 0 Å². The highest BCUT2D eigenvalue weighted by Gasteiger charge is 2.16.